The van der Waals surface area contributed by atoms with Gasteiger partial charge in [-0.15, -0.1) is 6.58 Å². The molecule has 0 saturated carbocycles. The third-order valence-corrected chi connectivity index (χ3v) is 6.02. The van der Waals surface area contributed by atoms with Crippen molar-refractivity contribution in [2.75, 3.05) is 18.5 Å². The molecule has 0 aromatic heterocycles. The maximum Gasteiger partial charge on any atom is 0.262 e. The number of rotatable bonds is 14. The highest BCUT2D eigenvalue weighted by molar-refractivity contribution is 5.97. The Balaban J connectivity index is 1.71. The van der Waals surface area contributed by atoms with E-state index in [1.54, 1.807) is 39.0 Å². The monoisotopic (exact) mass is 592 g/mol. The number of nitrogens with zero attached hydrogens (tertiary/aromatic N) is 1. The fraction of sp³-hybridized carbons (Fsp3) is 0.250. The lowest BCUT2D eigenvalue weighted by atomic mass is 10.0. The molecule has 0 aliphatic carbocycles. The number of allylic oxidation sites excluding steroid dienone is 1. The Morgan fingerprint density at radius 2 is 1.63 bits per heavy atom. The van der Waals surface area contributed by atoms with Crippen molar-refractivity contribution in [1.29, 1.82) is 0 Å². The summed E-state index contributed by atoms with van der Waals surface area (Å²) in [5.41, 5.74) is 4.33. The maximum absolute atomic E-state index is 13.2. The van der Waals surface area contributed by atoms with Gasteiger partial charge in [0.2, 0.25) is 0 Å². The fourth-order valence-corrected chi connectivity index (χ4v) is 3.96. The van der Waals surface area contributed by atoms with Gasteiger partial charge in [0.05, 0.1) is 12.8 Å². The van der Waals surface area contributed by atoms with Crippen molar-refractivity contribution in [3.8, 4) is 11.5 Å². The molecule has 0 saturated heterocycles. The van der Waals surface area contributed by atoms with Crippen LogP contribution in [0.1, 0.15) is 42.3 Å². The van der Waals surface area contributed by atoms with E-state index in [4.69, 9.17) is 9.47 Å². The van der Waals surface area contributed by atoms with Gasteiger partial charge in [0, 0.05) is 16.8 Å². The van der Waals surface area contributed by atoms with Crippen LogP contribution in [0.3, 0.4) is 0 Å². The normalized spacial score (nSPS) is 11.6. The van der Waals surface area contributed by atoms with Gasteiger partial charge in [-0.25, -0.2) is 14.2 Å². The predicted molar refractivity (Wildman–Crippen MR) is 160 cm³/mol. The van der Waals surface area contributed by atoms with Crippen molar-refractivity contribution >= 4 is 29.6 Å². The third-order valence-electron chi connectivity index (χ3n) is 6.02. The van der Waals surface area contributed by atoms with Crippen LogP contribution in [-0.4, -0.2) is 43.2 Å². The van der Waals surface area contributed by atoms with Crippen LogP contribution in [-0.2, 0) is 16.0 Å². The zero-order valence-electron chi connectivity index (χ0n) is 24.2. The standard InChI is InChI=1S/C32H34F2N4O5/c1-5-7-23-16-21(17-27(42-6-2)30(23)43-19-28(39)36-26-14-12-25(34)13-15-26)18-35-38-32(41)29(20(3)4)37-31(40)22-8-10-24(33)11-9-22/h5,8-18,20,29H,1,6-7,19H2,2-4H3,(H,36,39)(H,37,40)(H,38,41). The molecule has 3 aromatic carbocycles. The topological polar surface area (TPSA) is 118 Å². The molecule has 43 heavy (non-hydrogen) atoms. The number of nitrogens with one attached hydrogen (secondary N) is 3. The van der Waals surface area contributed by atoms with Crippen LogP contribution in [0.15, 0.2) is 78.4 Å². The van der Waals surface area contributed by atoms with Crippen molar-refractivity contribution in [3.05, 3.63) is 102 Å². The summed E-state index contributed by atoms with van der Waals surface area (Å²) < 4.78 is 37.9. The lowest BCUT2D eigenvalue weighted by molar-refractivity contribution is -0.124. The van der Waals surface area contributed by atoms with E-state index >= 15 is 0 Å². The average molecular weight is 593 g/mol. The zero-order valence-corrected chi connectivity index (χ0v) is 24.2. The Hall–Kier alpha value is -5.06. The number of ether oxygens (including phenoxy) is 2. The van der Waals surface area contributed by atoms with Gasteiger partial charge in [0.1, 0.15) is 17.7 Å². The molecule has 11 heteroatoms. The van der Waals surface area contributed by atoms with Gasteiger partial charge < -0.3 is 20.1 Å². The molecule has 1 unspecified atom stereocenters. The number of halogens is 2. The van der Waals surface area contributed by atoms with Crippen molar-refractivity contribution in [2.45, 2.75) is 33.2 Å². The highest BCUT2D eigenvalue weighted by Gasteiger charge is 2.24. The number of hydrogen-bond donors (Lipinski definition) is 3. The first-order valence-corrected chi connectivity index (χ1v) is 13.6. The summed E-state index contributed by atoms with van der Waals surface area (Å²) >= 11 is 0. The second-order valence-corrected chi connectivity index (χ2v) is 9.71. The molecule has 0 radical (unpaired) electrons. The van der Waals surface area contributed by atoms with E-state index in [2.05, 4.69) is 27.7 Å². The summed E-state index contributed by atoms with van der Waals surface area (Å²) in [6.07, 6.45) is 3.46. The maximum atomic E-state index is 13.2. The van der Waals surface area contributed by atoms with Gasteiger partial charge in [-0.1, -0.05) is 19.9 Å². The number of carbonyl (C=O) groups is 3. The van der Waals surface area contributed by atoms with Gasteiger partial charge in [-0.05, 0) is 85.5 Å². The van der Waals surface area contributed by atoms with Gasteiger partial charge in [0.15, 0.2) is 18.1 Å². The summed E-state index contributed by atoms with van der Waals surface area (Å²) in [7, 11) is 0. The number of anilines is 1. The highest BCUT2D eigenvalue weighted by atomic mass is 19.1. The summed E-state index contributed by atoms with van der Waals surface area (Å²) in [6, 6.07) is 12.9. The first-order chi connectivity index (χ1) is 20.6. The molecule has 0 spiro atoms. The van der Waals surface area contributed by atoms with Gasteiger partial charge in [-0.2, -0.15) is 5.10 Å². The van der Waals surface area contributed by atoms with Crippen LogP contribution in [0.4, 0.5) is 14.5 Å². The van der Waals surface area contributed by atoms with Gasteiger partial charge >= 0.3 is 0 Å². The van der Waals surface area contributed by atoms with Crippen molar-refractivity contribution in [1.82, 2.24) is 10.7 Å². The van der Waals surface area contributed by atoms with Gasteiger partial charge in [0.25, 0.3) is 17.7 Å². The number of hydrazone groups is 1. The minimum Gasteiger partial charge on any atom is -0.490 e. The van der Waals surface area contributed by atoms with Crippen LogP contribution in [0.2, 0.25) is 0 Å². The minimum atomic E-state index is -0.901. The SMILES string of the molecule is C=CCc1cc(C=NNC(=O)C(NC(=O)c2ccc(F)cc2)C(C)C)cc(OCC)c1OCC(=O)Nc1ccc(F)cc1. The lowest BCUT2D eigenvalue weighted by Crippen LogP contribution is -2.48. The Bertz CT molecular complexity index is 1460. The second-order valence-electron chi connectivity index (χ2n) is 9.71. The molecule has 0 bridgehead atoms. The Labute approximate surface area is 249 Å². The summed E-state index contributed by atoms with van der Waals surface area (Å²) in [6.45, 7) is 9.11. The van der Waals surface area contributed by atoms with Crippen molar-refractivity contribution in [3.63, 3.8) is 0 Å². The molecular formula is C32H34F2N4O5. The van der Waals surface area contributed by atoms with E-state index in [9.17, 15) is 23.2 Å². The van der Waals surface area contributed by atoms with E-state index in [0.29, 0.717) is 41.3 Å². The number of hydrogen-bond acceptors (Lipinski definition) is 6. The van der Waals surface area contributed by atoms with E-state index in [1.165, 1.54) is 54.7 Å². The van der Waals surface area contributed by atoms with Crippen molar-refractivity contribution < 1.29 is 32.6 Å². The van der Waals surface area contributed by atoms with Crippen LogP contribution in [0.5, 0.6) is 11.5 Å². The molecule has 3 rings (SSSR count). The molecular weight excluding hydrogens is 558 g/mol. The average Bonchev–Trinajstić information content (AvgIpc) is 2.97. The molecule has 0 aliphatic heterocycles. The van der Waals surface area contributed by atoms with Crippen LogP contribution in [0.25, 0.3) is 0 Å². The van der Waals surface area contributed by atoms with Crippen LogP contribution in [0, 0.1) is 17.6 Å². The summed E-state index contributed by atoms with van der Waals surface area (Å²) in [5.74, 6) is -1.95. The van der Waals surface area contributed by atoms with Gasteiger partial charge in [-0.3, -0.25) is 14.4 Å². The third kappa shape index (κ3) is 9.77. The van der Waals surface area contributed by atoms with E-state index in [1.807, 2.05) is 0 Å². The molecule has 226 valence electrons. The van der Waals surface area contributed by atoms with Crippen LogP contribution < -0.4 is 25.5 Å². The molecule has 9 nitrogen and oxygen atoms in total. The Morgan fingerprint density at radius 3 is 2.23 bits per heavy atom. The lowest BCUT2D eigenvalue weighted by Gasteiger charge is -2.20. The fourth-order valence-electron chi connectivity index (χ4n) is 3.96. The van der Waals surface area contributed by atoms with Crippen LogP contribution >= 0.6 is 0 Å². The molecule has 0 aliphatic rings. The molecule has 3 amide bonds. The number of benzene rings is 3. The zero-order chi connectivity index (χ0) is 31.4. The minimum absolute atomic E-state index is 0.219. The van der Waals surface area contributed by atoms with E-state index < -0.39 is 35.4 Å². The Morgan fingerprint density at radius 1 is 0.977 bits per heavy atom. The largest absolute Gasteiger partial charge is 0.490 e. The second kappa shape index (κ2) is 15.8. The van der Waals surface area contributed by atoms with Crippen molar-refractivity contribution in [2.24, 2.45) is 11.0 Å². The molecule has 3 aromatic rings. The molecule has 0 heterocycles. The van der Waals surface area contributed by atoms with E-state index in [-0.39, 0.29) is 18.1 Å². The predicted octanol–water partition coefficient (Wildman–Crippen LogP) is 5.01. The first-order valence-electron chi connectivity index (χ1n) is 13.6. The Kier molecular flexibility index (Phi) is 11.9. The van der Waals surface area contributed by atoms with E-state index in [0.717, 1.165) is 0 Å². The quantitative estimate of drug-likeness (QED) is 0.138. The summed E-state index contributed by atoms with van der Waals surface area (Å²) in [5, 5.41) is 9.35. The highest BCUT2D eigenvalue weighted by Crippen LogP contribution is 2.33. The number of carbonyl (C=O) groups excluding carboxylic acids is 3. The number of amides is 3. The molecule has 3 N–H and O–H groups in total. The smallest absolute Gasteiger partial charge is 0.262 e. The first kappa shape index (κ1) is 32.5. The molecule has 1 atom stereocenters. The molecule has 0 fully saturated rings. The summed E-state index contributed by atoms with van der Waals surface area (Å²) in [4.78, 5) is 37.9.